The van der Waals surface area contributed by atoms with Gasteiger partial charge in [0.25, 0.3) is 11.4 Å². The number of carboxylic acids is 1. The monoisotopic (exact) mass is 522 g/mol. The summed E-state index contributed by atoms with van der Waals surface area (Å²) in [6.07, 6.45) is 0.642. The molecule has 5 rings (SSSR count). The Morgan fingerprint density at radius 1 is 0.949 bits per heavy atom. The second kappa shape index (κ2) is 10.6. The Balaban J connectivity index is 1.52. The highest BCUT2D eigenvalue weighted by Crippen LogP contribution is 2.28. The molecule has 39 heavy (non-hydrogen) atoms. The molecule has 0 unspecified atom stereocenters. The second-order valence-electron chi connectivity index (χ2n) is 10.7. The number of hydrogen-bond acceptors (Lipinski definition) is 5. The van der Waals surface area contributed by atoms with Gasteiger partial charge in [-0.25, -0.2) is 14.9 Å². The van der Waals surface area contributed by atoms with Gasteiger partial charge in [0.2, 0.25) is 0 Å². The highest BCUT2D eigenvalue weighted by Gasteiger charge is 2.23. The van der Waals surface area contributed by atoms with Gasteiger partial charge in [0.1, 0.15) is 17.9 Å². The van der Waals surface area contributed by atoms with Crippen LogP contribution in [-0.2, 0) is 19.6 Å². The molecular weight excluding hydrogens is 492 g/mol. The number of nitrogens with zero attached hydrogens (tertiary/aromatic N) is 3. The number of aromatic carboxylic acids is 1. The molecule has 0 saturated heterocycles. The maximum Gasteiger partial charge on any atom is 0.336 e. The molecule has 0 aliphatic heterocycles. The summed E-state index contributed by atoms with van der Waals surface area (Å²) in [4.78, 5) is 29.6. The number of rotatable bonds is 8. The summed E-state index contributed by atoms with van der Waals surface area (Å²) < 4.78 is 7.93. The first-order chi connectivity index (χ1) is 18.7. The van der Waals surface area contributed by atoms with Crippen LogP contribution >= 0.6 is 0 Å². The number of aromatic amines is 1. The molecule has 5 aromatic rings. The molecule has 0 saturated carbocycles. The number of H-pyrrole nitrogens is 1. The van der Waals surface area contributed by atoms with Crippen LogP contribution in [0.4, 0.5) is 0 Å². The first kappa shape index (κ1) is 25.9. The number of nitrogens with one attached hydrogen (secondary N) is 1. The van der Waals surface area contributed by atoms with E-state index in [9.17, 15) is 14.7 Å². The van der Waals surface area contributed by atoms with Crippen molar-refractivity contribution in [1.29, 1.82) is 0 Å². The molecule has 0 fully saturated rings. The van der Waals surface area contributed by atoms with E-state index in [1.165, 1.54) is 0 Å². The third kappa shape index (κ3) is 5.75. The van der Waals surface area contributed by atoms with E-state index in [0.717, 1.165) is 22.5 Å². The third-order valence-electron chi connectivity index (χ3n) is 6.39. The standard InChI is InChI=1S/C31H30N4O4/c1-31(2,3)17-25-32-26-27(28(36)33-34-29(26)39-19-21-9-5-4-6-10-21)35(25)18-20-13-15-22(16-14-20)23-11-7-8-12-24(23)30(37)38/h4-16H,17-19H2,1-3H3,(H,33,36)(H,37,38). The van der Waals surface area contributed by atoms with Gasteiger partial charge in [-0.15, -0.1) is 5.10 Å². The smallest absolute Gasteiger partial charge is 0.336 e. The van der Waals surface area contributed by atoms with Crippen molar-refractivity contribution in [2.75, 3.05) is 0 Å². The summed E-state index contributed by atoms with van der Waals surface area (Å²) in [7, 11) is 0. The summed E-state index contributed by atoms with van der Waals surface area (Å²) in [5, 5.41) is 16.3. The number of ether oxygens (including phenoxy) is 1. The molecule has 0 aliphatic rings. The minimum absolute atomic E-state index is 0.0746. The molecule has 2 N–H and O–H groups in total. The zero-order valence-electron chi connectivity index (χ0n) is 22.1. The van der Waals surface area contributed by atoms with Crippen LogP contribution in [0.1, 0.15) is 48.1 Å². The van der Waals surface area contributed by atoms with E-state index in [1.54, 1.807) is 18.2 Å². The molecule has 198 valence electrons. The van der Waals surface area contributed by atoms with Gasteiger partial charge in [0.05, 0.1) is 5.56 Å². The Morgan fingerprint density at radius 2 is 1.64 bits per heavy atom. The van der Waals surface area contributed by atoms with Crippen LogP contribution < -0.4 is 10.3 Å². The predicted molar refractivity (Wildman–Crippen MR) is 150 cm³/mol. The van der Waals surface area contributed by atoms with Gasteiger partial charge in [0, 0.05) is 13.0 Å². The Kier molecular flexibility index (Phi) is 7.02. The Morgan fingerprint density at radius 3 is 2.33 bits per heavy atom. The molecule has 2 heterocycles. The summed E-state index contributed by atoms with van der Waals surface area (Å²) in [5.74, 6) is 0.0772. The van der Waals surface area contributed by atoms with Crippen molar-refractivity contribution in [3.05, 3.63) is 112 Å². The van der Waals surface area contributed by atoms with Crippen LogP contribution in [-0.4, -0.2) is 30.8 Å². The van der Waals surface area contributed by atoms with Gasteiger partial charge in [-0.1, -0.05) is 93.6 Å². The lowest BCUT2D eigenvalue weighted by Crippen LogP contribution is -2.18. The molecule has 0 amide bonds. The topological polar surface area (TPSA) is 110 Å². The lowest BCUT2D eigenvalue weighted by molar-refractivity contribution is 0.0697. The van der Waals surface area contributed by atoms with E-state index in [1.807, 2.05) is 65.2 Å². The van der Waals surface area contributed by atoms with Crippen molar-refractivity contribution in [1.82, 2.24) is 19.7 Å². The predicted octanol–water partition coefficient (Wildman–Crippen LogP) is 5.70. The van der Waals surface area contributed by atoms with E-state index < -0.39 is 5.97 Å². The van der Waals surface area contributed by atoms with E-state index in [4.69, 9.17) is 9.72 Å². The Bertz CT molecular complexity index is 1680. The van der Waals surface area contributed by atoms with Crippen LogP contribution in [0.25, 0.3) is 22.2 Å². The van der Waals surface area contributed by atoms with Crippen molar-refractivity contribution in [2.24, 2.45) is 5.41 Å². The van der Waals surface area contributed by atoms with Gasteiger partial charge in [-0.05, 0) is 33.7 Å². The van der Waals surface area contributed by atoms with E-state index >= 15 is 0 Å². The maximum absolute atomic E-state index is 13.0. The first-order valence-electron chi connectivity index (χ1n) is 12.8. The van der Waals surface area contributed by atoms with E-state index in [2.05, 4.69) is 31.0 Å². The molecule has 0 radical (unpaired) electrons. The molecule has 0 aliphatic carbocycles. The number of hydrogen-bond donors (Lipinski definition) is 2. The largest absolute Gasteiger partial charge is 0.478 e. The quantitative estimate of drug-likeness (QED) is 0.270. The van der Waals surface area contributed by atoms with Gasteiger partial charge in [-0.2, -0.15) is 0 Å². The van der Waals surface area contributed by atoms with Gasteiger partial charge < -0.3 is 14.4 Å². The maximum atomic E-state index is 13.0. The summed E-state index contributed by atoms with van der Waals surface area (Å²) in [5.41, 5.74) is 4.07. The van der Waals surface area contributed by atoms with Crippen LogP contribution in [0, 0.1) is 5.41 Å². The summed E-state index contributed by atoms with van der Waals surface area (Å²) >= 11 is 0. The molecule has 3 aromatic carbocycles. The summed E-state index contributed by atoms with van der Waals surface area (Å²) in [6.45, 7) is 7.09. The lowest BCUT2D eigenvalue weighted by atomic mass is 9.92. The highest BCUT2D eigenvalue weighted by atomic mass is 16.5. The average Bonchev–Trinajstić information content (AvgIpc) is 3.26. The third-order valence-corrected chi connectivity index (χ3v) is 6.39. The normalized spacial score (nSPS) is 11.6. The van der Waals surface area contributed by atoms with Crippen molar-refractivity contribution in [2.45, 2.75) is 40.3 Å². The van der Waals surface area contributed by atoms with Crippen LogP contribution in [0.5, 0.6) is 5.88 Å². The molecule has 8 nitrogen and oxygen atoms in total. The number of fused-ring (bicyclic) bond motifs is 1. The number of benzene rings is 3. The van der Waals surface area contributed by atoms with Gasteiger partial charge in [-0.3, -0.25) is 4.79 Å². The summed E-state index contributed by atoms with van der Waals surface area (Å²) in [6, 6.07) is 24.4. The first-order valence-corrected chi connectivity index (χ1v) is 12.8. The van der Waals surface area contributed by atoms with Crippen LogP contribution in [0.2, 0.25) is 0 Å². The van der Waals surface area contributed by atoms with E-state index in [-0.39, 0.29) is 22.4 Å². The fourth-order valence-electron chi connectivity index (χ4n) is 4.59. The zero-order chi connectivity index (χ0) is 27.6. The zero-order valence-corrected chi connectivity index (χ0v) is 22.1. The minimum atomic E-state index is -0.968. The fraction of sp³-hybridized carbons (Fsp3) is 0.226. The SMILES string of the molecule is CC(C)(C)Cc1nc2c(OCc3ccccc3)n[nH]c(=O)c2n1Cc1ccc(-c2ccccc2C(=O)O)cc1. The van der Waals surface area contributed by atoms with Crippen LogP contribution in [0.3, 0.4) is 0 Å². The van der Waals surface area contributed by atoms with Crippen molar-refractivity contribution < 1.29 is 14.6 Å². The van der Waals surface area contributed by atoms with E-state index in [0.29, 0.717) is 36.2 Å². The number of carboxylic acid groups (broad SMARTS) is 1. The van der Waals surface area contributed by atoms with Gasteiger partial charge >= 0.3 is 5.97 Å². The average molecular weight is 523 g/mol. The molecular formula is C31H30N4O4. The minimum Gasteiger partial charge on any atom is -0.478 e. The van der Waals surface area contributed by atoms with Crippen LogP contribution in [0.15, 0.2) is 83.7 Å². The number of imidazole rings is 1. The Labute approximate surface area is 225 Å². The molecule has 2 aromatic heterocycles. The molecule has 0 spiro atoms. The van der Waals surface area contributed by atoms with Crippen molar-refractivity contribution in [3.63, 3.8) is 0 Å². The van der Waals surface area contributed by atoms with Crippen molar-refractivity contribution in [3.8, 4) is 17.0 Å². The Hall–Kier alpha value is -4.72. The number of aromatic nitrogens is 4. The van der Waals surface area contributed by atoms with Gasteiger partial charge in [0.15, 0.2) is 5.52 Å². The second-order valence-corrected chi connectivity index (χ2v) is 10.7. The van der Waals surface area contributed by atoms with Crippen molar-refractivity contribution >= 4 is 17.0 Å². The fourth-order valence-corrected chi connectivity index (χ4v) is 4.59. The molecule has 0 atom stereocenters. The number of carbonyl (C=O) groups is 1. The molecule has 0 bridgehead atoms. The molecule has 8 heteroatoms. The lowest BCUT2D eigenvalue weighted by Gasteiger charge is -2.19. The highest BCUT2D eigenvalue weighted by molar-refractivity contribution is 5.96.